The van der Waals surface area contributed by atoms with Crippen LogP contribution in [0.15, 0.2) is 78.6 Å². The van der Waals surface area contributed by atoms with Crippen LogP contribution in [0.2, 0.25) is 0 Å². The molecule has 1 amide bonds. The van der Waals surface area contributed by atoms with E-state index < -0.39 is 4.92 Å². The highest BCUT2D eigenvalue weighted by Crippen LogP contribution is 2.34. The molecule has 0 fully saturated rings. The molecule has 0 unspecified atom stereocenters. The fourth-order valence-corrected chi connectivity index (χ4v) is 3.83. The summed E-state index contributed by atoms with van der Waals surface area (Å²) < 4.78 is 7.35. The molecule has 3 aromatic rings. The fraction of sp³-hybridized carbons (Fsp3) is 0.0476. The van der Waals surface area contributed by atoms with Crippen LogP contribution in [-0.2, 0) is 4.79 Å². The molecule has 0 saturated carbocycles. The number of amides is 1. The third kappa shape index (κ3) is 3.86. The topological polar surface area (TPSA) is 89.0 Å². The number of hydrogen-bond acceptors (Lipinski definition) is 5. The first-order valence-electron chi connectivity index (χ1n) is 8.75. The maximum absolute atomic E-state index is 12.9. The van der Waals surface area contributed by atoms with Crippen molar-refractivity contribution >= 4 is 60.9 Å². The predicted octanol–water partition coefficient (Wildman–Crippen LogP) is 6.19. The summed E-state index contributed by atoms with van der Waals surface area (Å²) in [5, 5.41) is 16.8. The monoisotopic (exact) mass is 529 g/mol. The van der Waals surface area contributed by atoms with Gasteiger partial charge in [0.1, 0.15) is 11.5 Å². The lowest BCUT2D eigenvalue weighted by Crippen LogP contribution is -2.21. The predicted molar refractivity (Wildman–Crippen MR) is 121 cm³/mol. The maximum Gasteiger partial charge on any atom is 0.280 e. The van der Waals surface area contributed by atoms with Gasteiger partial charge in [-0.1, -0.05) is 37.9 Å². The van der Waals surface area contributed by atoms with Crippen molar-refractivity contribution in [2.75, 3.05) is 5.01 Å². The van der Waals surface area contributed by atoms with Gasteiger partial charge >= 0.3 is 0 Å². The quantitative estimate of drug-likeness (QED) is 0.228. The van der Waals surface area contributed by atoms with Gasteiger partial charge in [0.2, 0.25) is 0 Å². The zero-order valence-corrected chi connectivity index (χ0v) is 18.7. The molecule has 1 aromatic heterocycles. The van der Waals surface area contributed by atoms with Crippen molar-refractivity contribution in [3.8, 4) is 11.3 Å². The second kappa shape index (κ2) is 8.00. The van der Waals surface area contributed by atoms with Crippen molar-refractivity contribution in [1.82, 2.24) is 0 Å². The molecule has 0 bridgehead atoms. The summed E-state index contributed by atoms with van der Waals surface area (Å²) in [6.07, 6.45) is 1.62. The van der Waals surface area contributed by atoms with Gasteiger partial charge in [-0.25, -0.2) is 0 Å². The molecule has 0 N–H and O–H groups in total. The third-order valence-electron chi connectivity index (χ3n) is 4.45. The molecule has 150 valence electrons. The molecule has 0 radical (unpaired) electrons. The molecule has 0 spiro atoms. The van der Waals surface area contributed by atoms with Crippen molar-refractivity contribution in [1.29, 1.82) is 0 Å². The zero-order chi connectivity index (χ0) is 21.4. The Morgan fingerprint density at radius 1 is 1.13 bits per heavy atom. The van der Waals surface area contributed by atoms with E-state index in [0.29, 0.717) is 38.5 Å². The minimum atomic E-state index is -0.463. The summed E-state index contributed by atoms with van der Waals surface area (Å²) in [4.78, 5) is 23.5. The minimum absolute atomic E-state index is 0.0388. The Labute approximate surface area is 188 Å². The van der Waals surface area contributed by atoms with E-state index in [1.165, 1.54) is 17.1 Å². The number of anilines is 1. The Balaban J connectivity index is 1.65. The van der Waals surface area contributed by atoms with E-state index in [9.17, 15) is 14.9 Å². The molecule has 4 rings (SSSR count). The van der Waals surface area contributed by atoms with Gasteiger partial charge in [0.25, 0.3) is 11.6 Å². The van der Waals surface area contributed by atoms with E-state index in [0.717, 1.165) is 4.47 Å². The Morgan fingerprint density at radius 2 is 1.93 bits per heavy atom. The summed E-state index contributed by atoms with van der Waals surface area (Å²) >= 11 is 6.79. The minimum Gasteiger partial charge on any atom is -0.457 e. The van der Waals surface area contributed by atoms with Crippen LogP contribution in [0.25, 0.3) is 17.4 Å². The molecule has 1 aliphatic heterocycles. The van der Waals surface area contributed by atoms with Crippen molar-refractivity contribution in [3.63, 3.8) is 0 Å². The van der Waals surface area contributed by atoms with Gasteiger partial charge in [0.15, 0.2) is 0 Å². The Bertz CT molecular complexity index is 1250. The maximum atomic E-state index is 12.9. The highest BCUT2D eigenvalue weighted by Gasteiger charge is 2.29. The zero-order valence-electron chi connectivity index (χ0n) is 15.5. The number of non-ortho nitro benzene ring substituents is 1. The van der Waals surface area contributed by atoms with Crippen molar-refractivity contribution in [2.45, 2.75) is 6.92 Å². The smallest absolute Gasteiger partial charge is 0.280 e. The molecule has 0 atom stereocenters. The number of nitro benzene ring substituents is 1. The van der Waals surface area contributed by atoms with Crippen molar-refractivity contribution in [3.05, 3.63) is 85.0 Å². The van der Waals surface area contributed by atoms with Gasteiger partial charge < -0.3 is 4.42 Å². The van der Waals surface area contributed by atoms with E-state index in [1.807, 2.05) is 18.2 Å². The van der Waals surface area contributed by atoms with Crippen LogP contribution in [0.1, 0.15) is 12.7 Å². The van der Waals surface area contributed by atoms with Gasteiger partial charge in [-0.3, -0.25) is 14.9 Å². The van der Waals surface area contributed by atoms with Crippen LogP contribution < -0.4 is 5.01 Å². The van der Waals surface area contributed by atoms with Crippen LogP contribution in [0.3, 0.4) is 0 Å². The van der Waals surface area contributed by atoms with Crippen molar-refractivity contribution < 1.29 is 14.1 Å². The molecule has 2 heterocycles. The van der Waals surface area contributed by atoms with Crippen molar-refractivity contribution in [2.24, 2.45) is 5.10 Å². The number of nitrogens with zero attached hydrogens (tertiary/aromatic N) is 3. The number of nitro groups is 1. The Hall–Kier alpha value is -3.04. The first-order chi connectivity index (χ1) is 14.3. The van der Waals surface area contributed by atoms with E-state index in [4.69, 9.17) is 4.42 Å². The number of carbonyl (C=O) groups excluding carboxylic acids is 1. The number of rotatable bonds is 4. The van der Waals surface area contributed by atoms with E-state index >= 15 is 0 Å². The average molecular weight is 531 g/mol. The van der Waals surface area contributed by atoms with Gasteiger partial charge in [0.05, 0.1) is 21.9 Å². The lowest BCUT2D eigenvalue weighted by molar-refractivity contribution is -0.384. The normalized spacial score (nSPS) is 15.0. The molecular formula is C21H13Br2N3O4. The number of halogens is 2. The van der Waals surface area contributed by atoms with Gasteiger partial charge in [-0.15, -0.1) is 0 Å². The first-order valence-corrected chi connectivity index (χ1v) is 10.3. The first kappa shape index (κ1) is 20.2. The highest BCUT2D eigenvalue weighted by molar-refractivity contribution is 9.10. The SMILES string of the molecule is CC1=NN(c2cccc(Br)c2)C(=O)C1=Cc1ccc(-c2cc([N+](=O)[O-])ccc2Br)o1. The largest absolute Gasteiger partial charge is 0.457 e. The van der Waals surface area contributed by atoms with Crippen LogP contribution >= 0.6 is 31.9 Å². The summed E-state index contributed by atoms with van der Waals surface area (Å²) in [5.41, 5.74) is 2.14. The molecule has 0 saturated heterocycles. The van der Waals surface area contributed by atoms with E-state index in [-0.39, 0.29) is 11.6 Å². The summed E-state index contributed by atoms with van der Waals surface area (Å²) in [5.74, 6) is 0.624. The lowest BCUT2D eigenvalue weighted by Gasteiger charge is -2.11. The number of hydrazone groups is 1. The van der Waals surface area contributed by atoms with E-state index in [2.05, 4.69) is 37.0 Å². The summed E-state index contributed by atoms with van der Waals surface area (Å²) in [6.45, 7) is 1.75. The van der Waals surface area contributed by atoms with Crippen LogP contribution in [-0.4, -0.2) is 16.5 Å². The van der Waals surface area contributed by atoms with Gasteiger partial charge in [-0.2, -0.15) is 10.1 Å². The molecular weight excluding hydrogens is 518 g/mol. The Kier molecular flexibility index (Phi) is 5.40. The van der Waals surface area contributed by atoms with Crippen LogP contribution in [0.4, 0.5) is 11.4 Å². The van der Waals surface area contributed by atoms with Gasteiger partial charge in [0, 0.05) is 26.6 Å². The fourth-order valence-electron chi connectivity index (χ4n) is 3.00. The molecule has 2 aromatic carbocycles. The molecule has 0 aliphatic carbocycles. The summed E-state index contributed by atoms with van der Waals surface area (Å²) in [6, 6.07) is 15.2. The molecule has 7 nitrogen and oxygen atoms in total. The summed E-state index contributed by atoms with van der Waals surface area (Å²) in [7, 11) is 0. The van der Waals surface area contributed by atoms with Crippen LogP contribution in [0, 0.1) is 10.1 Å². The number of carbonyl (C=O) groups is 1. The number of furan rings is 1. The van der Waals surface area contributed by atoms with Crippen LogP contribution in [0.5, 0.6) is 0 Å². The standard InChI is InChI=1S/C21H13Br2N3O4/c1-12-17(21(27)25(24-12)14-4-2-3-13(22)9-14)11-16-6-8-20(30-16)18-10-15(26(28)29)5-7-19(18)23/h2-11H,1H3. The second-order valence-electron chi connectivity index (χ2n) is 6.46. The number of benzene rings is 2. The number of hydrogen-bond donors (Lipinski definition) is 0. The van der Waals surface area contributed by atoms with E-state index in [1.54, 1.807) is 37.3 Å². The van der Waals surface area contributed by atoms with Gasteiger partial charge in [-0.05, 0) is 49.4 Å². The molecule has 30 heavy (non-hydrogen) atoms. The third-order valence-corrected chi connectivity index (χ3v) is 5.64. The highest BCUT2D eigenvalue weighted by atomic mass is 79.9. The molecule has 1 aliphatic rings. The molecule has 9 heteroatoms. The Morgan fingerprint density at radius 3 is 2.67 bits per heavy atom. The second-order valence-corrected chi connectivity index (χ2v) is 8.23. The lowest BCUT2D eigenvalue weighted by atomic mass is 10.1. The average Bonchev–Trinajstić information content (AvgIpc) is 3.28.